The molecule has 13 rings (SSSR count). The van der Waals surface area contributed by atoms with Crippen molar-refractivity contribution in [2.75, 3.05) is 4.90 Å². The van der Waals surface area contributed by atoms with E-state index >= 15 is 0 Å². The monoisotopic (exact) mass is 883 g/mol. The van der Waals surface area contributed by atoms with Gasteiger partial charge in [-0.25, -0.2) is 0 Å². The van der Waals surface area contributed by atoms with E-state index in [1.54, 1.807) is 0 Å². The predicted molar refractivity (Wildman–Crippen MR) is 289 cm³/mol. The number of hydrogen-bond acceptors (Lipinski definition) is 1. The van der Waals surface area contributed by atoms with Crippen molar-refractivity contribution in [2.24, 2.45) is 0 Å². The van der Waals surface area contributed by atoms with E-state index in [0.29, 0.717) is 0 Å². The number of anilines is 3. The third-order valence-corrected chi connectivity index (χ3v) is 15.9. The minimum atomic E-state index is -0.496. The Morgan fingerprint density at radius 2 is 0.797 bits per heavy atom. The highest BCUT2D eigenvalue weighted by Crippen LogP contribution is 2.60. The number of hydrogen-bond donors (Lipinski definition) is 0. The number of fused-ring (bicyclic) bond motifs is 12. The van der Waals surface area contributed by atoms with Crippen molar-refractivity contribution in [3.63, 3.8) is 0 Å². The van der Waals surface area contributed by atoms with Crippen LogP contribution in [0.4, 0.5) is 17.1 Å². The SMILES string of the molecule is Cc1cccc(C)c1-c1cc(-c2ccc(-c3ccccc3)cc2)ccc1N(c1ccc2c(c1)C(C)(C)c1ccccc1-2)c1ccc2c(c1)C1(c3ccccc3CCc3ccccc31)c1ccccc1-2. The molecule has 0 amide bonds. The summed E-state index contributed by atoms with van der Waals surface area (Å²) in [5.74, 6) is 0. The second kappa shape index (κ2) is 15.8. The maximum Gasteiger partial charge on any atom is 0.0719 e. The molecule has 1 nitrogen and oxygen atoms in total. The van der Waals surface area contributed by atoms with Crippen molar-refractivity contribution in [2.45, 2.75) is 51.4 Å². The van der Waals surface area contributed by atoms with Gasteiger partial charge < -0.3 is 4.90 Å². The van der Waals surface area contributed by atoms with Gasteiger partial charge in [-0.3, -0.25) is 0 Å². The third-order valence-electron chi connectivity index (χ3n) is 15.9. The zero-order chi connectivity index (χ0) is 46.4. The van der Waals surface area contributed by atoms with E-state index in [-0.39, 0.29) is 5.41 Å². The van der Waals surface area contributed by atoms with Crippen LogP contribution in [-0.2, 0) is 23.7 Å². The molecule has 1 heteroatoms. The Morgan fingerprint density at radius 1 is 0.333 bits per heavy atom. The van der Waals surface area contributed by atoms with Gasteiger partial charge in [0, 0.05) is 22.4 Å². The van der Waals surface area contributed by atoms with Gasteiger partial charge in [-0.05, 0) is 169 Å². The third kappa shape index (κ3) is 6.23. The highest BCUT2D eigenvalue weighted by atomic mass is 15.1. The summed E-state index contributed by atoms with van der Waals surface area (Å²) in [6, 6.07) is 85.0. The maximum atomic E-state index is 2.58. The lowest BCUT2D eigenvalue weighted by Crippen LogP contribution is -2.30. The standard InChI is InChI=1S/C68H53N/c1-44-17-16-18-45(2)66(44)58-41-51(48-31-29-47(30-32-48)46-19-6-5-7-20-46)35-40-65(58)69(52-36-38-56-54-23-10-14-27-61(54)67(3,4)63(56)42-52)53-37-39-57-55-24-11-15-28-62(55)68(64(57)43-53)59-25-12-8-21-49(59)33-34-50-22-9-13-26-60(50)68/h5-32,35-43H,33-34H2,1-4H3. The Kier molecular flexibility index (Phi) is 9.43. The molecule has 0 radical (unpaired) electrons. The molecule has 3 aliphatic carbocycles. The van der Waals surface area contributed by atoms with Crippen LogP contribution in [0, 0.1) is 13.8 Å². The Hall–Kier alpha value is -8.00. The molecule has 330 valence electrons. The molecule has 0 atom stereocenters. The van der Waals surface area contributed by atoms with Crippen LogP contribution in [0.25, 0.3) is 55.6 Å². The largest absolute Gasteiger partial charge is 0.310 e. The van der Waals surface area contributed by atoms with Crippen LogP contribution in [0.1, 0.15) is 69.5 Å². The Morgan fingerprint density at radius 3 is 1.43 bits per heavy atom. The molecule has 1 spiro atoms. The van der Waals surface area contributed by atoms with Crippen molar-refractivity contribution >= 4 is 17.1 Å². The molecule has 10 aromatic rings. The highest BCUT2D eigenvalue weighted by molar-refractivity contribution is 5.96. The topological polar surface area (TPSA) is 3.24 Å². The predicted octanol–water partition coefficient (Wildman–Crippen LogP) is 17.5. The first-order chi connectivity index (χ1) is 33.8. The van der Waals surface area contributed by atoms with Crippen molar-refractivity contribution in [1.29, 1.82) is 0 Å². The summed E-state index contributed by atoms with van der Waals surface area (Å²) in [7, 11) is 0. The van der Waals surface area contributed by atoms with Crippen molar-refractivity contribution < 1.29 is 0 Å². The summed E-state index contributed by atoms with van der Waals surface area (Å²) < 4.78 is 0. The van der Waals surface area contributed by atoms with Gasteiger partial charge in [0.05, 0.1) is 11.1 Å². The first-order valence-electron chi connectivity index (χ1n) is 24.6. The van der Waals surface area contributed by atoms with E-state index in [4.69, 9.17) is 0 Å². The fourth-order valence-corrected chi connectivity index (χ4v) is 12.7. The van der Waals surface area contributed by atoms with Crippen LogP contribution in [0.2, 0.25) is 0 Å². The van der Waals surface area contributed by atoms with Crippen LogP contribution in [0.15, 0.2) is 224 Å². The number of rotatable bonds is 6. The zero-order valence-electron chi connectivity index (χ0n) is 39.7. The Labute approximate surface area is 407 Å². The molecule has 10 aromatic carbocycles. The van der Waals surface area contributed by atoms with E-state index in [9.17, 15) is 0 Å². The maximum absolute atomic E-state index is 2.58. The van der Waals surface area contributed by atoms with Crippen LogP contribution in [-0.4, -0.2) is 0 Å². The average molecular weight is 884 g/mol. The Bertz CT molecular complexity index is 3600. The number of nitrogens with zero attached hydrogens (tertiary/aromatic N) is 1. The Balaban J connectivity index is 1.08. The van der Waals surface area contributed by atoms with Gasteiger partial charge in [0.15, 0.2) is 0 Å². The van der Waals surface area contributed by atoms with E-state index in [0.717, 1.165) is 29.9 Å². The summed E-state index contributed by atoms with van der Waals surface area (Å²) in [6.07, 6.45) is 2.01. The molecule has 0 unspecified atom stereocenters. The van der Waals surface area contributed by atoms with Gasteiger partial charge in [0.1, 0.15) is 0 Å². The van der Waals surface area contributed by atoms with E-state index in [2.05, 4.69) is 257 Å². The van der Waals surface area contributed by atoms with Gasteiger partial charge in [-0.2, -0.15) is 0 Å². The lowest BCUT2D eigenvalue weighted by atomic mass is 9.66. The molecule has 0 heterocycles. The first-order valence-corrected chi connectivity index (χ1v) is 24.6. The van der Waals surface area contributed by atoms with Crippen LogP contribution >= 0.6 is 0 Å². The van der Waals surface area contributed by atoms with Crippen LogP contribution < -0.4 is 4.90 Å². The lowest BCUT2D eigenvalue weighted by Gasteiger charge is -2.36. The van der Waals surface area contributed by atoms with Crippen LogP contribution in [0.3, 0.4) is 0 Å². The molecule has 0 fully saturated rings. The second-order valence-electron chi connectivity index (χ2n) is 20.0. The molecule has 0 aliphatic heterocycles. The molecule has 69 heavy (non-hydrogen) atoms. The van der Waals surface area contributed by atoms with E-state index < -0.39 is 5.41 Å². The zero-order valence-corrected chi connectivity index (χ0v) is 39.7. The minimum Gasteiger partial charge on any atom is -0.310 e. The summed E-state index contributed by atoms with van der Waals surface area (Å²) in [5, 5.41) is 0. The van der Waals surface area contributed by atoms with Crippen molar-refractivity contribution in [1.82, 2.24) is 0 Å². The molecule has 0 N–H and O–H groups in total. The molecule has 0 saturated carbocycles. The quantitative estimate of drug-likeness (QED) is 0.161. The summed E-state index contributed by atoms with van der Waals surface area (Å²) in [5.41, 5.74) is 28.9. The molecule has 3 aliphatic rings. The average Bonchev–Trinajstić information content (AvgIpc) is 3.74. The van der Waals surface area contributed by atoms with Gasteiger partial charge in [0.2, 0.25) is 0 Å². The second-order valence-corrected chi connectivity index (χ2v) is 20.0. The summed E-state index contributed by atoms with van der Waals surface area (Å²) in [6.45, 7) is 9.32. The van der Waals surface area contributed by atoms with Gasteiger partial charge >= 0.3 is 0 Å². The summed E-state index contributed by atoms with van der Waals surface area (Å²) in [4.78, 5) is 2.58. The molecular weight excluding hydrogens is 831 g/mol. The van der Waals surface area contributed by atoms with Gasteiger partial charge in [-0.15, -0.1) is 0 Å². The molecule has 0 aromatic heterocycles. The fourth-order valence-electron chi connectivity index (χ4n) is 12.7. The van der Waals surface area contributed by atoms with E-state index in [1.807, 2.05) is 0 Å². The van der Waals surface area contributed by atoms with E-state index in [1.165, 1.54) is 111 Å². The first kappa shape index (κ1) is 41.2. The minimum absolute atomic E-state index is 0.170. The van der Waals surface area contributed by atoms with Gasteiger partial charge in [-0.1, -0.05) is 202 Å². The number of benzene rings is 10. The normalized spacial score (nSPS) is 14.2. The highest BCUT2D eigenvalue weighted by Gasteiger charge is 2.49. The fraction of sp³-hybridized carbons (Fsp3) is 0.118. The molecular formula is C68H53N. The molecule has 0 saturated heterocycles. The lowest BCUT2D eigenvalue weighted by molar-refractivity contribution is 0.660. The van der Waals surface area contributed by atoms with Crippen molar-refractivity contribution in [3.8, 4) is 55.6 Å². The molecule has 0 bridgehead atoms. The van der Waals surface area contributed by atoms with Crippen molar-refractivity contribution in [3.05, 3.63) is 280 Å². The van der Waals surface area contributed by atoms with Crippen LogP contribution in [0.5, 0.6) is 0 Å². The van der Waals surface area contributed by atoms with Gasteiger partial charge in [0.25, 0.3) is 0 Å². The smallest absolute Gasteiger partial charge is 0.0719 e. The summed E-state index contributed by atoms with van der Waals surface area (Å²) >= 11 is 0. The number of aryl methyl sites for hydroxylation is 4.